The van der Waals surface area contributed by atoms with Crippen molar-refractivity contribution in [3.63, 3.8) is 0 Å². The number of hydrogen-bond acceptors (Lipinski definition) is 5. The molecule has 1 aliphatic rings. The highest BCUT2D eigenvalue weighted by molar-refractivity contribution is 4.81. The molecule has 1 unspecified atom stereocenters. The maximum absolute atomic E-state index is 5.59. The Labute approximate surface area is 102 Å². The Bertz CT molecular complexity index is 332. The summed E-state index contributed by atoms with van der Waals surface area (Å²) < 4.78 is 7.44. The molecule has 1 saturated heterocycles. The SMILES string of the molecule is CC(C)CNCc1nnnn1CC1CCCO1. The maximum atomic E-state index is 5.59. The van der Waals surface area contributed by atoms with Gasteiger partial charge < -0.3 is 10.1 Å². The van der Waals surface area contributed by atoms with E-state index in [1.807, 2.05) is 4.68 Å². The van der Waals surface area contributed by atoms with E-state index in [0.29, 0.717) is 5.92 Å². The minimum absolute atomic E-state index is 0.280. The standard InChI is InChI=1S/C11H21N5O/c1-9(2)6-12-7-11-13-14-15-16(11)8-10-4-3-5-17-10/h9-10,12H,3-8H2,1-2H3. The lowest BCUT2D eigenvalue weighted by Crippen LogP contribution is -2.24. The van der Waals surface area contributed by atoms with E-state index in [1.165, 1.54) is 0 Å². The predicted octanol–water partition coefficient (Wildman–Crippen LogP) is 0.598. The molecule has 0 radical (unpaired) electrons. The normalized spacial score (nSPS) is 20.3. The van der Waals surface area contributed by atoms with Crippen molar-refractivity contribution in [3.05, 3.63) is 5.82 Å². The third-order valence-corrected chi connectivity index (χ3v) is 2.84. The molecule has 1 aromatic heterocycles. The van der Waals surface area contributed by atoms with Crippen LogP contribution in [0.4, 0.5) is 0 Å². The lowest BCUT2D eigenvalue weighted by atomic mass is 10.2. The van der Waals surface area contributed by atoms with E-state index in [2.05, 4.69) is 34.7 Å². The fourth-order valence-electron chi connectivity index (χ4n) is 1.95. The Balaban J connectivity index is 1.83. The molecule has 96 valence electrons. The summed E-state index contributed by atoms with van der Waals surface area (Å²) in [6, 6.07) is 0. The van der Waals surface area contributed by atoms with Crippen molar-refractivity contribution in [2.24, 2.45) is 5.92 Å². The highest BCUT2D eigenvalue weighted by atomic mass is 16.5. The number of nitrogens with zero attached hydrogens (tertiary/aromatic N) is 4. The van der Waals surface area contributed by atoms with E-state index >= 15 is 0 Å². The summed E-state index contributed by atoms with van der Waals surface area (Å²) in [5.41, 5.74) is 0. The molecule has 1 N–H and O–H groups in total. The first-order chi connectivity index (χ1) is 8.25. The Kier molecular flexibility index (Phi) is 4.44. The van der Waals surface area contributed by atoms with E-state index in [0.717, 1.165) is 44.9 Å². The molecule has 2 rings (SSSR count). The van der Waals surface area contributed by atoms with E-state index < -0.39 is 0 Å². The third kappa shape index (κ3) is 3.74. The van der Waals surface area contributed by atoms with Gasteiger partial charge in [-0.1, -0.05) is 13.8 Å². The smallest absolute Gasteiger partial charge is 0.165 e. The summed E-state index contributed by atoms with van der Waals surface area (Å²) in [4.78, 5) is 0. The average molecular weight is 239 g/mol. The number of rotatable bonds is 6. The van der Waals surface area contributed by atoms with Gasteiger partial charge in [0, 0.05) is 6.61 Å². The van der Waals surface area contributed by atoms with Crippen molar-refractivity contribution >= 4 is 0 Å². The molecule has 2 heterocycles. The van der Waals surface area contributed by atoms with Gasteiger partial charge in [-0.05, 0) is 35.7 Å². The Morgan fingerprint density at radius 3 is 3.12 bits per heavy atom. The minimum Gasteiger partial charge on any atom is -0.376 e. The topological polar surface area (TPSA) is 64.9 Å². The molecular formula is C11H21N5O. The van der Waals surface area contributed by atoms with Gasteiger partial charge in [0.05, 0.1) is 19.2 Å². The molecule has 6 heteroatoms. The second kappa shape index (κ2) is 6.07. The van der Waals surface area contributed by atoms with Crippen LogP contribution in [0.3, 0.4) is 0 Å². The minimum atomic E-state index is 0.280. The molecule has 0 aromatic carbocycles. The van der Waals surface area contributed by atoms with Gasteiger partial charge in [-0.15, -0.1) is 5.10 Å². The number of hydrogen-bond donors (Lipinski definition) is 1. The van der Waals surface area contributed by atoms with E-state index in [-0.39, 0.29) is 6.10 Å². The number of nitrogens with one attached hydrogen (secondary N) is 1. The molecule has 0 spiro atoms. The molecule has 6 nitrogen and oxygen atoms in total. The van der Waals surface area contributed by atoms with Crippen molar-refractivity contribution in [1.29, 1.82) is 0 Å². The largest absolute Gasteiger partial charge is 0.376 e. The Morgan fingerprint density at radius 1 is 1.53 bits per heavy atom. The molecular weight excluding hydrogens is 218 g/mol. The number of ether oxygens (including phenoxy) is 1. The third-order valence-electron chi connectivity index (χ3n) is 2.84. The average Bonchev–Trinajstić information content (AvgIpc) is 2.91. The molecule has 0 aliphatic carbocycles. The van der Waals surface area contributed by atoms with E-state index in [9.17, 15) is 0 Å². The lowest BCUT2D eigenvalue weighted by Gasteiger charge is -2.11. The molecule has 1 fully saturated rings. The van der Waals surface area contributed by atoms with Crippen LogP contribution < -0.4 is 5.32 Å². The van der Waals surface area contributed by atoms with Crippen LogP contribution in [0, 0.1) is 5.92 Å². The van der Waals surface area contributed by atoms with Crippen LogP contribution in [0.25, 0.3) is 0 Å². The quantitative estimate of drug-likeness (QED) is 0.787. The van der Waals surface area contributed by atoms with Crippen LogP contribution in [0.2, 0.25) is 0 Å². The first kappa shape index (κ1) is 12.4. The molecule has 0 saturated carbocycles. The van der Waals surface area contributed by atoms with Crippen molar-refractivity contribution in [2.45, 2.75) is 45.9 Å². The van der Waals surface area contributed by atoms with Gasteiger partial charge in [-0.3, -0.25) is 0 Å². The molecule has 17 heavy (non-hydrogen) atoms. The van der Waals surface area contributed by atoms with Gasteiger partial charge in [0.15, 0.2) is 5.82 Å². The lowest BCUT2D eigenvalue weighted by molar-refractivity contribution is 0.0925. The van der Waals surface area contributed by atoms with E-state index in [4.69, 9.17) is 4.74 Å². The van der Waals surface area contributed by atoms with Crippen LogP contribution in [0.5, 0.6) is 0 Å². The van der Waals surface area contributed by atoms with Crippen molar-refractivity contribution in [3.8, 4) is 0 Å². The van der Waals surface area contributed by atoms with Crippen LogP contribution in [-0.2, 0) is 17.8 Å². The summed E-state index contributed by atoms with van der Waals surface area (Å²) in [7, 11) is 0. The van der Waals surface area contributed by atoms with Gasteiger partial charge in [0.2, 0.25) is 0 Å². The van der Waals surface area contributed by atoms with Crippen LogP contribution >= 0.6 is 0 Å². The predicted molar refractivity (Wildman–Crippen MR) is 63.3 cm³/mol. The summed E-state index contributed by atoms with van der Waals surface area (Å²) in [6.07, 6.45) is 2.54. The van der Waals surface area contributed by atoms with Gasteiger partial charge in [0.25, 0.3) is 0 Å². The van der Waals surface area contributed by atoms with Crippen LogP contribution in [0.15, 0.2) is 0 Å². The van der Waals surface area contributed by atoms with Gasteiger partial charge in [-0.2, -0.15) is 0 Å². The van der Waals surface area contributed by atoms with Crippen molar-refractivity contribution in [2.75, 3.05) is 13.2 Å². The van der Waals surface area contributed by atoms with Gasteiger partial charge in [-0.25, -0.2) is 4.68 Å². The number of aromatic nitrogens is 4. The Hall–Kier alpha value is -1.01. The second-order valence-corrected chi connectivity index (χ2v) is 4.94. The van der Waals surface area contributed by atoms with Gasteiger partial charge in [0.1, 0.15) is 0 Å². The van der Waals surface area contributed by atoms with Crippen LogP contribution in [-0.4, -0.2) is 39.5 Å². The molecule has 1 atom stereocenters. The zero-order chi connectivity index (χ0) is 12.1. The molecule has 0 amide bonds. The summed E-state index contributed by atoms with van der Waals surface area (Å²) in [6.45, 7) is 7.70. The fraction of sp³-hybridized carbons (Fsp3) is 0.909. The Morgan fingerprint density at radius 2 is 2.41 bits per heavy atom. The zero-order valence-electron chi connectivity index (χ0n) is 10.6. The monoisotopic (exact) mass is 239 g/mol. The highest BCUT2D eigenvalue weighted by Crippen LogP contribution is 2.13. The van der Waals surface area contributed by atoms with Crippen LogP contribution in [0.1, 0.15) is 32.5 Å². The number of tetrazole rings is 1. The molecule has 0 bridgehead atoms. The maximum Gasteiger partial charge on any atom is 0.165 e. The highest BCUT2D eigenvalue weighted by Gasteiger charge is 2.18. The van der Waals surface area contributed by atoms with Crippen molar-refractivity contribution < 1.29 is 4.74 Å². The van der Waals surface area contributed by atoms with Crippen molar-refractivity contribution in [1.82, 2.24) is 25.5 Å². The summed E-state index contributed by atoms with van der Waals surface area (Å²) >= 11 is 0. The first-order valence-electron chi connectivity index (χ1n) is 6.33. The summed E-state index contributed by atoms with van der Waals surface area (Å²) in [5, 5.41) is 15.1. The molecule has 1 aromatic rings. The fourth-order valence-corrected chi connectivity index (χ4v) is 1.95. The summed E-state index contributed by atoms with van der Waals surface area (Å²) in [5.74, 6) is 1.53. The first-order valence-corrected chi connectivity index (χ1v) is 6.33. The molecule has 1 aliphatic heterocycles. The second-order valence-electron chi connectivity index (χ2n) is 4.94. The zero-order valence-corrected chi connectivity index (χ0v) is 10.6. The van der Waals surface area contributed by atoms with E-state index in [1.54, 1.807) is 0 Å². The van der Waals surface area contributed by atoms with Gasteiger partial charge >= 0.3 is 0 Å².